The molecule has 1 aliphatic heterocycles. The quantitative estimate of drug-likeness (QED) is 0.475. The van der Waals surface area contributed by atoms with Crippen molar-refractivity contribution in [2.24, 2.45) is 5.73 Å². The Kier molecular flexibility index (Phi) is 10.6. The molecule has 1 aliphatic rings. The molecule has 7 nitrogen and oxygen atoms in total. The number of nitrogens with one attached hydrogen (secondary N) is 1. The standard InChI is InChI=1S/C21H24ClN3O4.2ClH/c1-12(2)29-20-18-15(7-9-24-20)25-16(11-28-10-8-23)19(21(26)27)17(18)13-5-3-4-6-14(13)22;;/h3-7,9,12,17,25H,8,10-11,23H2,1-2H3,(H,26,27);2*1H. The molecular weight excluding hydrogens is 465 g/mol. The Balaban J connectivity index is 0.00000240. The van der Waals surface area contributed by atoms with E-state index in [-0.39, 0.29) is 43.1 Å². The largest absolute Gasteiger partial charge is 0.478 e. The van der Waals surface area contributed by atoms with E-state index in [1.165, 1.54) is 0 Å². The Labute approximate surface area is 198 Å². The van der Waals surface area contributed by atoms with E-state index in [4.69, 9.17) is 26.8 Å². The van der Waals surface area contributed by atoms with Crippen LogP contribution in [0.4, 0.5) is 5.69 Å². The van der Waals surface area contributed by atoms with Crippen molar-refractivity contribution in [1.82, 2.24) is 4.98 Å². The van der Waals surface area contributed by atoms with Crippen LogP contribution >= 0.6 is 36.4 Å². The lowest BCUT2D eigenvalue weighted by molar-refractivity contribution is -0.133. The summed E-state index contributed by atoms with van der Waals surface area (Å²) in [5.74, 6) is -1.37. The molecule has 0 radical (unpaired) electrons. The van der Waals surface area contributed by atoms with Crippen LogP contribution in [0.2, 0.25) is 5.02 Å². The Bertz CT molecular complexity index is 938. The first kappa shape index (κ1) is 27.0. The fraction of sp³-hybridized carbons (Fsp3) is 0.333. The molecule has 4 N–H and O–H groups in total. The van der Waals surface area contributed by atoms with Crippen LogP contribution in [0.1, 0.15) is 30.9 Å². The number of ether oxygens (including phenoxy) is 2. The van der Waals surface area contributed by atoms with Crippen molar-refractivity contribution in [1.29, 1.82) is 0 Å². The molecular formula is C21H26Cl3N3O4. The topological polar surface area (TPSA) is 107 Å². The predicted octanol–water partition coefficient (Wildman–Crippen LogP) is 4.24. The molecule has 0 bridgehead atoms. The van der Waals surface area contributed by atoms with Crippen LogP contribution in [0.15, 0.2) is 47.8 Å². The van der Waals surface area contributed by atoms with Crippen molar-refractivity contribution in [2.45, 2.75) is 25.9 Å². The van der Waals surface area contributed by atoms with Crippen molar-refractivity contribution in [3.8, 4) is 5.88 Å². The minimum absolute atomic E-state index is 0. The van der Waals surface area contributed by atoms with Crippen molar-refractivity contribution < 1.29 is 19.4 Å². The van der Waals surface area contributed by atoms with Crippen LogP contribution in [0.25, 0.3) is 0 Å². The lowest BCUT2D eigenvalue weighted by Crippen LogP contribution is -2.28. The minimum atomic E-state index is -1.07. The highest BCUT2D eigenvalue weighted by Gasteiger charge is 2.37. The van der Waals surface area contributed by atoms with E-state index >= 15 is 0 Å². The second-order valence-corrected chi connectivity index (χ2v) is 7.27. The number of nitrogens with zero attached hydrogens (tertiary/aromatic N) is 1. The van der Waals surface area contributed by atoms with Crippen molar-refractivity contribution >= 4 is 48.1 Å². The molecule has 0 amide bonds. The number of anilines is 1. The summed E-state index contributed by atoms with van der Waals surface area (Å²) in [5.41, 5.74) is 8.09. The van der Waals surface area contributed by atoms with E-state index in [1.54, 1.807) is 24.4 Å². The molecule has 170 valence electrons. The highest BCUT2D eigenvalue weighted by Crippen LogP contribution is 2.47. The average Bonchev–Trinajstić information content (AvgIpc) is 2.67. The van der Waals surface area contributed by atoms with Gasteiger partial charge in [0.15, 0.2) is 0 Å². The first-order valence-corrected chi connectivity index (χ1v) is 9.73. The fourth-order valence-corrected chi connectivity index (χ4v) is 3.60. The smallest absolute Gasteiger partial charge is 0.334 e. The second kappa shape index (κ2) is 12.1. The number of pyridine rings is 1. The maximum atomic E-state index is 12.4. The molecule has 1 aromatic carbocycles. The normalized spacial score (nSPS) is 14.8. The lowest BCUT2D eigenvalue weighted by Gasteiger charge is -2.32. The van der Waals surface area contributed by atoms with Gasteiger partial charge < -0.3 is 25.6 Å². The molecule has 0 aliphatic carbocycles. The van der Waals surface area contributed by atoms with E-state index in [1.807, 2.05) is 26.0 Å². The Hall–Kier alpha value is -2.03. The van der Waals surface area contributed by atoms with E-state index < -0.39 is 11.9 Å². The van der Waals surface area contributed by atoms with Gasteiger partial charge in [-0.2, -0.15) is 0 Å². The highest BCUT2D eigenvalue weighted by atomic mass is 35.5. The summed E-state index contributed by atoms with van der Waals surface area (Å²) < 4.78 is 11.4. The number of nitrogens with two attached hydrogens (primary N) is 1. The number of benzene rings is 1. The van der Waals surface area contributed by atoms with Gasteiger partial charge in [0.25, 0.3) is 0 Å². The number of aromatic nitrogens is 1. The van der Waals surface area contributed by atoms with E-state index in [0.717, 1.165) is 0 Å². The molecule has 2 heterocycles. The number of rotatable bonds is 8. The molecule has 2 aromatic rings. The Morgan fingerprint density at radius 1 is 1.29 bits per heavy atom. The van der Waals surface area contributed by atoms with Gasteiger partial charge >= 0.3 is 5.97 Å². The summed E-state index contributed by atoms with van der Waals surface area (Å²) in [7, 11) is 0. The summed E-state index contributed by atoms with van der Waals surface area (Å²) in [6.07, 6.45) is 1.49. The number of hydrogen-bond donors (Lipinski definition) is 3. The molecule has 0 saturated carbocycles. The van der Waals surface area contributed by atoms with E-state index in [0.29, 0.717) is 46.6 Å². The maximum absolute atomic E-state index is 12.4. The average molecular weight is 491 g/mol. The SMILES string of the molecule is CC(C)Oc1nccc2c1C(c1ccccc1Cl)C(C(=O)O)=C(COCCN)N2.Cl.Cl. The summed E-state index contributed by atoms with van der Waals surface area (Å²) in [4.78, 5) is 16.7. The molecule has 1 unspecified atom stereocenters. The van der Waals surface area contributed by atoms with Crippen LogP contribution in [-0.4, -0.2) is 41.9 Å². The summed E-state index contributed by atoms with van der Waals surface area (Å²) >= 11 is 6.48. The molecule has 1 atom stereocenters. The zero-order valence-corrected chi connectivity index (χ0v) is 19.5. The van der Waals surface area contributed by atoms with Gasteiger partial charge in [0.05, 0.1) is 42.1 Å². The maximum Gasteiger partial charge on any atom is 0.334 e. The van der Waals surface area contributed by atoms with Crippen molar-refractivity contribution in [2.75, 3.05) is 25.1 Å². The zero-order chi connectivity index (χ0) is 21.0. The van der Waals surface area contributed by atoms with Gasteiger partial charge in [-0.1, -0.05) is 29.8 Å². The fourth-order valence-electron chi connectivity index (χ4n) is 3.35. The number of halogens is 3. The Morgan fingerprint density at radius 3 is 2.61 bits per heavy atom. The van der Waals surface area contributed by atoms with Crippen LogP contribution in [-0.2, 0) is 9.53 Å². The number of carboxylic acids is 1. The van der Waals surface area contributed by atoms with Gasteiger partial charge in [-0.3, -0.25) is 0 Å². The Morgan fingerprint density at radius 2 is 2.00 bits per heavy atom. The number of fused-ring (bicyclic) bond motifs is 1. The van der Waals surface area contributed by atoms with Crippen LogP contribution < -0.4 is 15.8 Å². The number of hydrogen-bond acceptors (Lipinski definition) is 6. The lowest BCUT2D eigenvalue weighted by atomic mass is 9.81. The first-order valence-electron chi connectivity index (χ1n) is 9.35. The van der Waals surface area contributed by atoms with Gasteiger partial charge in [-0.15, -0.1) is 24.8 Å². The molecule has 3 rings (SSSR count). The second-order valence-electron chi connectivity index (χ2n) is 6.86. The van der Waals surface area contributed by atoms with Gasteiger partial charge in [-0.05, 0) is 31.5 Å². The molecule has 0 saturated heterocycles. The monoisotopic (exact) mass is 489 g/mol. The van der Waals surface area contributed by atoms with E-state index in [2.05, 4.69) is 10.3 Å². The summed E-state index contributed by atoms with van der Waals surface area (Å²) in [5, 5.41) is 13.8. The first-order chi connectivity index (χ1) is 13.9. The van der Waals surface area contributed by atoms with Gasteiger partial charge in [0.1, 0.15) is 0 Å². The van der Waals surface area contributed by atoms with E-state index in [9.17, 15) is 9.90 Å². The number of carboxylic acid groups (broad SMARTS) is 1. The zero-order valence-electron chi connectivity index (χ0n) is 17.1. The van der Waals surface area contributed by atoms with Crippen molar-refractivity contribution in [3.05, 3.63) is 63.9 Å². The third-order valence-corrected chi connectivity index (χ3v) is 4.79. The third-order valence-electron chi connectivity index (χ3n) is 4.44. The highest BCUT2D eigenvalue weighted by molar-refractivity contribution is 6.31. The summed E-state index contributed by atoms with van der Waals surface area (Å²) in [6.45, 7) is 4.53. The van der Waals surface area contributed by atoms with Crippen LogP contribution in [0, 0.1) is 0 Å². The summed E-state index contributed by atoms with van der Waals surface area (Å²) in [6, 6.07) is 8.97. The molecule has 1 aromatic heterocycles. The van der Waals surface area contributed by atoms with Crippen LogP contribution in [0.5, 0.6) is 5.88 Å². The number of carbonyl (C=O) groups is 1. The minimum Gasteiger partial charge on any atom is -0.478 e. The molecule has 0 spiro atoms. The van der Waals surface area contributed by atoms with Gasteiger partial charge in [0, 0.05) is 23.5 Å². The molecule has 0 fully saturated rings. The predicted molar refractivity (Wildman–Crippen MR) is 126 cm³/mol. The third kappa shape index (κ3) is 6.02. The van der Waals surface area contributed by atoms with Crippen molar-refractivity contribution in [3.63, 3.8) is 0 Å². The number of aliphatic carboxylic acids is 1. The van der Waals surface area contributed by atoms with Crippen LogP contribution in [0.3, 0.4) is 0 Å². The van der Waals surface area contributed by atoms with Gasteiger partial charge in [-0.25, -0.2) is 9.78 Å². The molecule has 31 heavy (non-hydrogen) atoms. The van der Waals surface area contributed by atoms with Gasteiger partial charge in [0.2, 0.25) is 5.88 Å². The molecule has 10 heteroatoms.